The number of rotatable bonds is 2. The molecule has 0 atom stereocenters. The first-order valence-corrected chi connectivity index (χ1v) is 7.41. The summed E-state index contributed by atoms with van der Waals surface area (Å²) in [6, 6.07) is 4.06. The summed E-state index contributed by atoms with van der Waals surface area (Å²) in [4.78, 5) is 24.8. The van der Waals surface area contributed by atoms with Crippen molar-refractivity contribution >= 4 is 23.2 Å². The number of alkyl halides is 3. The van der Waals surface area contributed by atoms with Crippen LogP contribution in [0, 0.1) is 0 Å². The van der Waals surface area contributed by atoms with Gasteiger partial charge in [0.1, 0.15) is 0 Å². The zero-order valence-electron chi connectivity index (χ0n) is 13.0. The van der Waals surface area contributed by atoms with Gasteiger partial charge in [-0.25, -0.2) is 5.43 Å². The van der Waals surface area contributed by atoms with Gasteiger partial charge in [0.25, 0.3) is 0 Å². The van der Waals surface area contributed by atoms with E-state index in [1.807, 2.05) is 0 Å². The lowest BCUT2D eigenvalue weighted by Crippen LogP contribution is -3.10. The molecule has 6 nitrogen and oxygen atoms in total. The van der Waals surface area contributed by atoms with Crippen molar-refractivity contribution in [3.05, 3.63) is 29.8 Å². The molecule has 1 saturated heterocycles. The van der Waals surface area contributed by atoms with Gasteiger partial charge in [-0.05, 0) is 18.2 Å². The summed E-state index contributed by atoms with van der Waals surface area (Å²) in [5.74, 6) is -2.09. The van der Waals surface area contributed by atoms with Crippen LogP contribution in [0.15, 0.2) is 29.4 Å². The van der Waals surface area contributed by atoms with Crippen LogP contribution in [0.5, 0.6) is 0 Å². The van der Waals surface area contributed by atoms with Gasteiger partial charge in [-0.2, -0.15) is 18.3 Å². The highest BCUT2D eigenvalue weighted by molar-refractivity contribution is 6.39. The minimum atomic E-state index is -4.52. The van der Waals surface area contributed by atoms with E-state index >= 15 is 0 Å². The van der Waals surface area contributed by atoms with Crippen molar-refractivity contribution in [2.24, 2.45) is 5.10 Å². The molecule has 2 amide bonds. The zero-order chi connectivity index (χ0) is 17.7. The molecule has 9 heteroatoms. The van der Waals surface area contributed by atoms with Crippen molar-refractivity contribution < 1.29 is 27.7 Å². The first-order valence-electron chi connectivity index (χ1n) is 7.41. The van der Waals surface area contributed by atoms with Crippen LogP contribution in [-0.4, -0.2) is 37.7 Å². The third kappa shape index (κ3) is 5.05. The Morgan fingerprint density at radius 2 is 1.83 bits per heavy atom. The Morgan fingerprint density at radius 3 is 2.46 bits per heavy atom. The van der Waals surface area contributed by atoms with E-state index in [1.165, 1.54) is 11.0 Å². The van der Waals surface area contributed by atoms with E-state index in [4.69, 9.17) is 0 Å². The molecule has 0 saturated carbocycles. The minimum Gasteiger partial charge on any atom is -0.337 e. The summed E-state index contributed by atoms with van der Waals surface area (Å²) < 4.78 is 37.8. The first-order chi connectivity index (χ1) is 11.3. The average Bonchev–Trinajstić information content (AvgIpc) is 2.53. The molecular formula is C15H18F3N4O2+. The summed E-state index contributed by atoms with van der Waals surface area (Å²) in [6.07, 6.45) is -3.08. The first kappa shape index (κ1) is 17.9. The van der Waals surface area contributed by atoms with Crippen LogP contribution in [0.3, 0.4) is 0 Å². The van der Waals surface area contributed by atoms with Gasteiger partial charge >= 0.3 is 18.0 Å². The maximum absolute atomic E-state index is 12.6. The van der Waals surface area contributed by atoms with E-state index in [0.29, 0.717) is 0 Å². The van der Waals surface area contributed by atoms with Crippen molar-refractivity contribution in [1.82, 2.24) is 5.43 Å². The highest BCUT2D eigenvalue weighted by atomic mass is 19.4. The third-order valence-electron chi connectivity index (χ3n) is 3.65. The molecule has 0 bridgehead atoms. The number of anilines is 1. The number of hydrogen-bond donors (Lipinski definition) is 3. The van der Waals surface area contributed by atoms with E-state index in [9.17, 15) is 22.8 Å². The Bertz CT molecular complexity index is 648. The molecular weight excluding hydrogens is 325 g/mol. The molecule has 1 aliphatic heterocycles. The van der Waals surface area contributed by atoms with E-state index in [-0.39, 0.29) is 5.69 Å². The monoisotopic (exact) mass is 343 g/mol. The van der Waals surface area contributed by atoms with Gasteiger partial charge in [0.2, 0.25) is 0 Å². The number of carbonyl (C=O) groups excluding carboxylic acids is 2. The molecule has 0 unspecified atom stereocenters. The molecule has 1 aromatic carbocycles. The number of piperidine rings is 1. The number of nitrogens with one attached hydrogen (secondary N) is 3. The van der Waals surface area contributed by atoms with Crippen LogP contribution >= 0.6 is 0 Å². The number of carbonyl (C=O) groups is 2. The van der Waals surface area contributed by atoms with Gasteiger partial charge < -0.3 is 10.2 Å². The second-order valence-electron chi connectivity index (χ2n) is 5.61. The highest BCUT2D eigenvalue weighted by Crippen LogP contribution is 2.30. The van der Waals surface area contributed by atoms with Gasteiger partial charge in [0.05, 0.1) is 25.7 Å². The van der Waals surface area contributed by atoms with Crippen molar-refractivity contribution in [2.45, 2.75) is 19.0 Å². The van der Waals surface area contributed by atoms with E-state index in [1.54, 1.807) is 0 Å². The summed E-state index contributed by atoms with van der Waals surface area (Å²) in [5, 5.41) is 6.02. The van der Waals surface area contributed by atoms with Crippen molar-refractivity contribution in [1.29, 1.82) is 0 Å². The molecule has 1 aromatic rings. The molecule has 1 aliphatic rings. The quantitative estimate of drug-likeness (QED) is 0.538. The average molecular weight is 343 g/mol. The molecule has 0 spiro atoms. The number of nitrogens with zero attached hydrogens (tertiary/aromatic N) is 1. The van der Waals surface area contributed by atoms with Crippen LogP contribution in [-0.2, 0) is 15.8 Å². The lowest BCUT2D eigenvalue weighted by Gasteiger charge is -2.20. The predicted molar refractivity (Wildman–Crippen MR) is 81.5 cm³/mol. The predicted octanol–water partition coefficient (Wildman–Crippen LogP) is 0.425. The number of hydrogen-bond acceptors (Lipinski definition) is 3. The second-order valence-corrected chi connectivity index (χ2v) is 5.61. The van der Waals surface area contributed by atoms with Crippen LogP contribution in [0.1, 0.15) is 18.4 Å². The van der Waals surface area contributed by atoms with Crippen LogP contribution < -0.4 is 15.6 Å². The SMILES string of the molecule is C[NH+]1CCC(=NNC(=O)C(=O)Nc2cccc(C(F)(F)F)c2)CC1. The normalized spacial score (nSPS) is 18.0. The Morgan fingerprint density at radius 1 is 1.17 bits per heavy atom. The number of amides is 2. The molecule has 0 aliphatic carbocycles. The molecule has 1 heterocycles. The lowest BCUT2D eigenvalue weighted by molar-refractivity contribution is -0.880. The van der Waals surface area contributed by atoms with E-state index in [0.717, 1.165) is 49.8 Å². The summed E-state index contributed by atoms with van der Waals surface area (Å²) in [5.41, 5.74) is 1.91. The van der Waals surface area contributed by atoms with Crippen LogP contribution in [0.25, 0.3) is 0 Å². The molecule has 0 radical (unpaired) electrons. The molecule has 2 rings (SSSR count). The maximum atomic E-state index is 12.6. The largest absolute Gasteiger partial charge is 0.416 e. The van der Waals surface area contributed by atoms with Gasteiger partial charge in [-0.1, -0.05) is 6.07 Å². The fourth-order valence-corrected chi connectivity index (χ4v) is 2.22. The fourth-order valence-electron chi connectivity index (χ4n) is 2.22. The van der Waals surface area contributed by atoms with Crippen molar-refractivity contribution in [3.63, 3.8) is 0 Å². The Hall–Kier alpha value is -2.42. The Balaban J connectivity index is 1.92. The molecule has 130 valence electrons. The molecule has 0 aromatic heterocycles. The Labute approximate surface area is 136 Å². The molecule has 1 fully saturated rings. The maximum Gasteiger partial charge on any atom is 0.416 e. The fraction of sp³-hybridized carbons (Fsp3) is 0.400. The van der Waals surface area contributed by atoms with Gasteiger partial charge in [0, 0.05) is 24.2 Å². The standard InChI is InChI=1S/C15H17F3N4O2/c1-22-7-5-11(6-8-22)20-21-14(24)13(23)19-12-4-2-3-10(9-12)15(16,17)18/h2-4,9H,5-8H2,1H3,(H,19,23)(H,21,24)/p+1. The van der Waals surface area contributed by atoms with Crippen LogP contribution in [0.2, 0.25) is 0 Å². The summed E-state index contributed by atoms with van der Waals surface area (Å²) in [6.45, 7) is 1.79. The summed E-state index contributed by atoms with van der Waals surface area (Å²) >= 11 is 0. The van der Waals surface area contributed by atoms with Gasteiger partial charge in [-0.3, -0.25) is 9.59 Å². The number of quaternary nitrogens is 1. The van der Waals surface area contributed by atoms with E-state index in [2.05, 4.69) is 22.9 Å². The third-order valence-corrected chi connectivity index (χ3v) is 3.65. The smallest absolute Gasteiger partial charge is 0.337 e. The number of likely N-dealkylation sites (tertiary alicyclic amines) is 1. The van der Waals surface area contributed by atoms with Gasteiger partial charge in [0.15, 0.2) is 0 Å². The topological polar surface area (TPSA) is 75.0 Å². The number of hydrazone groups is 1. The Kier molecular flexibility index (Phi) is 5.55. The van der Waals surface area contributed by atoms with Crippen molar-refractivity contribution in [2.75, 3.05) is 25.5 Å². The van der Waals surface area contributed by atoms with Gasteiger partial charge in [-0.15, -0.1) is 0 Å². The van der Waals surface area contributed by atoms with E-state index < -0.39 is 23.6 Å². The number of halogens is 3. The minimum absolute atomic E-state index is 0.111. The van der Waals surface area contributed by atoms with Crippen molar-refractivity contribution in [3.8, 4) is 0 Å². The highest BCUT2D eigenvalue weighted by Gasteiger charge is 2.30. The molecule has 3 N–H and O–H groups in total. The van der Waals surface area contributed by atoms with Crippen LogP contribution in [0.4, 0.5) is 18.9 Å². The summed E-state index contributed by atoms with van der Waals surface area (Å²) in [7, 11) is 2.05. The molecule has 24 heavy (non-hydrogen) atoms. The zero-order valence-corrected chi connectivity index (χ0v) is 13.0. The second kappa shape index (κ2) is 7.43. The lowest BCUT2D eigenvalue weighted by atomic mass is 10.1. The number of benzene rings is 1.